The lowest BCUT2D eigenvalue weighted by Gasteiger charge is -2.30. The second-order valence-electron chi connectivity index (χ2n) is 5.67. The van der Waals surface area contributed by atoms with Crippen molar-refractivity contribution in [2.45, 2.75) is 19.2 Å². The highest BCUT2D eigenvalue weighted by Crippen LogP contribution is 2.47. The summed E-state index contributed by atoms with van der Waals surface area (Å²) in [6.45, 7) is -1.13. The van der Waals surface area contributed by atoms with E-state index in [0.717, 1.165) is 4.90 Å². The molecule has 0 bridgehead atoms. The van der Waals surface area contributed by atoms with Crippen molar-refractivity contribution in [3.63, 3.8) is 0 Å². The summed E-state index contributed by atoms with van der Waals surface area (Å²) < 4.78 is 67.3. The zero-order chi connectivity index (χ0) is 18.0. The van der Waals surface area contributed by atoms with E-state index in [0.29, 0.717) is 5.56 Å². The number of amides is 1. The lowest BCUT2D eigenvalue weighted by molar-refractivity contribution is -0.210. The maximum absolute atomic E-state index is 13.3. The SMILES string of the molecule is O=C(OCc1ccccc1)N1CCC(CS(=O)(=O)Cl)(C(F)(F)F)C1. The molecule has 1 heterocycles. The highest BCUT2D eigenvalue weighted by atomic mass is 35.7. The molecule has 1 aliphatic rings. The number of likely N-dealkylation sites (tertiary alicyclic amines) is 1. The fourth-order valence-electron chi connectivity index (χ4n) is 2.60. The van der Waals surface area contributed by atoms with E-state index in [1.54, 1.807) is 30.3 Å². The highest BCUT2D eigenvalue weighted by Gasteiger charge is 2.60. The van der Waals surface area contributed by atoms with Gasteiger partial charge < -0.3 is 9.64 Å². The summed E-state index contributed by atoms with van der Waals surface area (Å²) in [7, 11) is 0.635. The van der Waals surface area contributed by atoms with Crippen molar-refractivity contribution in [2.75, 3.05) is 18.8 Å². The minimum absolute atomic E-state index is 0.0804. The third kappa shape index (κ3) is 4.54. The van der Waals surface area contributed by atoms with Gasteiger partial charge in [-0.2, -0.15) is 13.2 Å². The average molecular weight is 386 g/mol. The molecule has 5 nitrogen and oxygen atoms in total. The van der Waals surface area contributed by atoms with Gasteiger partial charge in [0.2, 0.25) is 9.05 Å². The molecule has 10 heteroatoms. The summed E-state index contributed by atoms with van der Waals surface area (Å²) in [5.41, 5.74) is -1.88. The topological polar surface area (TPSA) is 63.7 Å². The molecule has 24 heavy (non-hydrogen) atoms. The first-order valence-electron chi connectivity index (χ1n) is 6.97. The Morgan fingerprint density at radius 1 is 1.29 bits per heavy atom. The molecule has 0 N–H and O–H groups in total. The van der Waals surface area contributed by atoms with Gasteiger partial charge in [-0.3, -0.25) is 0 Å². The van der Waals surface area contributed by atoms with E-state index in [1.165, 1.54) is 0 Å². The number of hydrogen-bond acceptors (Lipinski definition) is 4. The normalized spacial score (nSPS) is 21.8. The Labute approximate surface area is 141 Å². The molecule has 1 fully saturated rings. The fraction of sp³-hybridized carbons (Fsp3) is 0.500. The molecule has 0 aliphatic carbocycles. The largest absolute Gasteiger partial charge is 0.445 e. The van der Waals surface area contributed by atoms with Gasteiger partial charge in [-0.05, 0) is 12.0 Å². The van der Waals surface area contributed by atoms with E-state index in [2.05, 4.69) is 0 Å². The van der Waals surface area contributed by atoms with Crippen LogP contribution in [0.25, 0.3) is 0 Å². The quantitative estimate of drug-likeness (QED) is 0.747. The summed E-state index contributed by atoms with van der Waals surface area (Å²) in [5, 5.41) is 0. The molecule has 1 saturated heterocycles. The van der Waals surface area contributed by atoms with Gasteiger partial charge in [0, 0.05) is 23.8 Å². The molecule has 134 valence electrons. The molecule has 1 amide bonds. The number of rotatable bonds is 4. The van der Waals surface area contributed by atoms with Crippen molar-refractivity contribution in [2.24, 2.45) is 5.41 Å². The Hall–Kier alpha value is -1.48. The van der Waals surface area contributed by atoms with Gasteiger partial charge in [-0.15, -0.1) is 0 Å². The van der Waals surface area contributed by atoms with E-state index in [-0.39, 0.29) is 13.2 Å². The third-order valence-corrected chi connectivity index (χ3v) is 5.09. The van der Waals surface area contributed by atoms with Gasteiger partial charge in [0.05, 0.1) is 5.75 Å². The predicted octanol–water partition coefficient (Wildman–Crippen LogP) is 3.15. The molecule has 1 aromatic rings. The van der Waals surface area contributed by atoms with Crippen LogP contribution in [-0.2, 0) is 20.4 Å². The van der Waals surface area contributed by atoms with E-state index in [4.69, 9.17) is 15.4 Å². The first-order valence-corrected chi connectivity index (χ1v) is 9.45. The smallest absolute Gasteiger partial charge is 0.410 e. The van der Waals surface area contributed by atoms with Crippen LogP contribution in [0.1, 0.15) is 12.0 Å². The lowest BCUT2D eigenvalue weighted by atomic mass is 9.89. The van der Waals surface area contributed by atoms with Crippen LogP contribution >= 0.6 is 10.7 Å². The molecule has 0 radical (unpaired) electrons. The summed E-state index contributed by atoms with van der Waals surface area (Å²) in [5.74, 6) is -1.27. The number of benzene rings is 1. The van der Waals surface area contributed by atoms with Crippen LogP contribution in [0.2, 0.25) is 0 Å². The zero-order valence-corrected chi connectivity index (χ0v) is 14.0. The number of halogens is 4. The van der Waals surface area contributed by atoms with Gasteiger partial charge in [-0.1, -0.05) is 30.3 Å². The van der Waals surface area contributed by atoms with Crippen molar-refractivity contribution in [1.29, 1.82) is 0 Å². The van der Waals surface area contributed by atoms with Crippen LogP contribution in [0.5, 0.6) is 0 Å². The lowest BCUT2D eigenvalue weighted by Crippen LogP contribution is -2.46. The number of hydrogen-bond donors (Lipinski definition) is 0. The number of carbonyl (C=O) groups is 1. The Morgan fingerprint density at radius 2 is 1.92 bits per heavy atom. The maximum atomic E-state index is 13.3. The van der Waals surface area contributed by atoms with Crippen LogP contribution in [0.15, 0.2) is 30.3 Å². The number of carbonyl (C=O) groups excluding carboxylic acids is 1. The molecule has 1 aliphatic heterocycles. The molecule has 1 unspecified atom stereocenters. The molecule has 1 atom stereocenters. The van der Waals surface area contributed by atoms with Gasteiger partial charge in [-0.25, -0.2) is 13.2 Å². The van der Waals surface area contributed by atoms with Crippen LogP contribution in [-0.4, -0.2) is 44.4 Å². The Balaban J connectivity index is 2.04. The van der Waals surface area contributed by atoms with Crippen LogP contribution in [0.4, 0.5) is 18.0 Å². The van der Waals surface area contributed by atoms with Crippen LogP contribution in [0.3, 0.4) is 0 Å². The third-order valence-electron chi connectivity index (χ3n) is 3.87. The predicted molar refractivity (Wildman–Crippen MR) is 80.9 cm³/mol. The van der Waals surface area contributed by atoms with E-state index >= 15 is 0 Å². The van der Waals surface area contributed by atoms with Crippen molar-refractivity contribution < 1.29 is 31.1 Å². The molecule has 0 spiro atoms. The van der Waals surface area contributed by atoms with E-state index < -0.39 is 45.5 Å². The Bertz CT molecular complexity index is 696. The summed E-state index contributed by atoms with van der Waals surface area (Å²) in [4.78, 5) is 12.8. The maximum Gasteiger partial charge on any atom is 0.410 e. The second-order valence-corrected chi connectivity index (χ2v) is 8.45. The summed E-state index contributed by atoms with van der Waals surface area (Å²) >= 11 is 0. The minimum Gasteiger partial charge on any atom is -0.445 e. The monoisotopic (exact) mass is 385 g/mol. The van der Waals surface area contributed by atoms with Gasteiger partial charge in [0.25, 0.3) is 0 Å². The first kappa shape index (κ1) is 18.9. The summed E-state index contributed by atoms with van der Waals surface area (Å²) in [6, 6.07) is 8.66. The molecule has 0 saturated carbocycles. The van der Waals surface area contributed by atoms with E-state index in [9.17, 15) is 26.4 Å². The Kier molecular flexibility index (Phi) is 5.34. The Morgan fingerprint density at radius 3 is 2.46 bits per heavy atom. The molecular weight excluding hydrogens is 371 g/mol. The van der Waals surface area contributed by atoms with Crippen LogP contribution < -0.4 is 0 Å². The zero-order valence-electron chi connectivity index (χ0n) is 12.4. The number of ether oxygens (including phenoxy) is 1. The summed E-state index contributed by atoms with van der Waals surface area (Å²) in [6.07, 6.45) is -6.26. The van der Waals surface area contributed by atoms with Gasteiger partial charge >= 0.3 is 12.3 Å². The fourth-order valence-corrected chi connectivity index (χ4v) is 4.29. The van der Waals surface area contributed by atoms with Gasteiger partial charge in [0.1, 0.15) is 12.0 Å². The molecular formula is C14H15ClF3NO4S. The van der Waals surface area contributed by atoms with Crippen LogP contribution in [0, 0.1) is 5.41 Å². The minimum atomic E-state index is -4.80. The first-order chi connectivity index (χ1) is 11.0. The molecule has 2 rings (SSSR count). The molecule has 1 aromatic carbocycles. The van der Waals surface area contributed by atoms with Crippen molar-refractivity contribution >= 4 is 25.8 Å². The molecule has 0 aromatic heterocycles. The standard InChI is InChI=1S/C14H15ClF3NO4S/c15-24(21,22)10-13(14(16,17)18)6-7-19(9-13)12(20)23-8-11-4-2-1-3-5-11/h1-5H,6-10H2. The van der Waals surface area contributed by atoms with Crippen molar-refractivity contribution in [3.05, 3.63) is 35.9 Å². The number of nitrogens with zero attached hydrogens (tertiary/aromatic N) is 1. The van der Waals surface area contributed by atoms with E-state index in [1.807, 2.05) is 0 Å². The van der Waals surface area contributed by atoms with Crippen molar-refractivity contribution in [3.8, 4) is 0 Å². The van der Waals surface area contributed by atoms with Gasteiger partial charge in [0.15, 0.2) is 0 Å². The number of alkyl halides is 3. The average Bonchev–Trinajstić information content (AvgIpc) is 2.89. The highest BCUT2D eigenvalue weighted by molar-refractivity contribution is 8.13. The van der Waals surface area contributed by atoms with Crippen molar-refractivity contribution in [1.82, 2.24) is 4.90 Å². The second kappa shape index (κ2) is 6.79.